The minimum Gasteiger partial charge on any atom is -0.348 e. The van der Waals surface area contributed by atoms with Gasteiger partial charge in [0.1, 0.15) is 0 Å². The topological polar surface area (TPSA) is 45.2 Å². The van der Waals surface area contributed by atoms with Gasteiger partial charge in [0.25, 0.3) is 5.91 Å². The van der Waals surface area contributed by atoms with Gasteiger partial charge in [-0.1, -0.05) is 42.0 Å². The number of hydrogen-bond acceptors (Lipinski definition) is 3. The van der Waals surface area contributed by atoms with E-state index >= 15 is 0 Å². The first kappa shape index (κ1) is 17.7. The largest absolute Gasteiger partial charge is 0.348 e. The highest BCUT2D eigenvalue weighted by Crippen LogP contribution is 2.21. The van der Waals surface area contributed by atoms with Crippen LogP contribution in [-0.4, -0.2) is 34.9 Å². The predicted molar refractivity (Wildman–Crippen MR) is 109 cm³/mol. The number of rotatable bonds is 4. The summed E-state index contributed by atoms with van der Waals surface area (Å²) in [6.45, 7) is 6.81. The molecule has 1 fully saturated rings. The van der Waals surface area contributed by atoms with Crippen LogP contribution in [0.15, 0.2) is 54.6 Å². The van der Waals surface area contributed by atoms with Crippen molar-refractivity contribution in [3.63, 3.8) is 0 Å². The van der Waals surface area contributed by atoms with E-state index in [0.29, 0.717) is 0 Å². The molecule has 4 rings (SSSR count). The first-order valence-electron chi connectivity index (χ1n) is 9.53. The molecule has 0 spiro atoms. The lowest BCUT2D eigenvalue weighted by Crippen LogP contribution is -2.37. The molecule has 4 nitrogen and oxygen atoms in total. The van der Waals surface area contributed by atoms with Gasteiger partial charge in [-0.25, -0.2) is 0 Å². The van der Waals surface area contributed by atoms with Crippen LogP contribution in [0, 0.1) is 13.8 Å². The highest BCUT2D eigenvalue weighted by Gasteiger charge is 2.25. The van der Waals surface area contributed by atoms with Crippen molar-refractivity contribution in [2.45, 2.75) is 32.9 Å². The maximum absolute atomic E-state index is 13.0. The Hall–Kier alpha value is -2.72. The van der Waals surface area contributed by atoms with Crippen molar-refractivity contribution in [3.8, 4) is 0 Å². The smallest absolute Gasteiger partial charge is 0.252 e. The second kappa shape index (κ2) is 7.49. The van der Waals surface area contributed by atoms with Gasteiger partial charge in [-0.2, -0.15) is 0 Å². The summed E-state index contributed by atoms with van der Waals surface area (Å²) in [5.74, 6) is 0.00246. The molecular formula is C23H25N3O. The first-order chi connectivity index (χ1) is 13.1. The molecule has 0 radical (unpaired) electrons. The number of aryl methyl sites for hydroxylation is 2. The maximum atomic E-state index is 13.0. The van der Waals surface area contributed by atoms with Crippen LogP contribution in [-0.2, 0) is 6.54 Å². The van der Waals surface area contributed by atoms with Gasteiger partial charge in [0.05, 0.1) is 11.1 Å². The number of nitrogens with zero attached hydrogens (tertiary/aromatic N) is 2. The van der Waals surface area contributed by atoms with E-state index in [1.165, 1.54) is 5.56 Å². The molecule has 1 N–H and O–H groups in total. The summed E-state index contributed by atoms with van der Waals surface area (Å²) in [6, 6.07) is 18.7. The van der Waals surface area contributed by atoms with E-state index in [-0.39, 0.29) is 11.9 Å². The summed E-state index contributed by atoms with van der Waals surface area (Å²) >= 11 is 0. The Morgan fingerprint density at radius 3 is 2.78 bits per heavy atom. The van der Waals surface area contributed by atoms with Crippen LogP contribution in [0.4, 0.5) is 0 Å². The number of likely N-dealkylation sites (tertiary alicyclic amines) is 1. The van der Waals surface area contributed by atoms with Crippen LogP contribution in [0.25, 0.3) is 10.9 Å². The monoisotopic (exact) mass is 359 g/mol. The number of carbonyl (C=O) groups is 1. The molecule has 1 aliphatic heterocycles. The number of amides is 1. The fourth-order valence-corrected chi connectivity index (χ4v) is 3.86. The van der Waals surface area contributed by atoms with Crippen LogP contribution >= 0.6 is 0 Å². The van der Waals surface area contributed by atoms with Crippen LogP contribution in [0.2, 0.25) is 0 Å². The molecule has 1 atom stereocenters. The van der Waals surface area contributed by atoms with Crippen LogP contribution in [0.3, 0.4) is 0 Å². The Morgan fingerprint density at radius 1 is 1.15 bits per heavy atom. The number of fused-ring (bicyclic) bond motifs is 1. The Labute approximate surface area is 160 Å². The Kier molecular flexibility index (Phi) is 4.90. The van der Waals surface area contributed by atoms with E-state index in [9.17, 15) is 4.79 Å². The molecule has 1 aliphatic rings. The molecule has 1 amide bonds. The van der Waals surface area contributed by atoms with E-state index in [4.69, 9.17) is 0 Å². The van der Waals surface area contributed by atoms with Gasteiger partial charge in [-0.3, -0.25) is 14.7 Å². The molecule has 1 aromatic heterocycles. The molecule has 0 saturated carbocycles. The number of aromatic nitrogens is 1. The third kappa shape index (κ3) is 4.01. The van der Waals surface area contributed by atoms with E-state index in [2.05, 4.69) is 39.5 Å². The second-order valence-corrected chi connectivity index (χ2v) is 7.51. The van der Waals surface area contributed by atoms with Gasteiger partial charge in [-0.15, -0.1) is 0 Å². The molecule has 0 bridgehead atoms. The van der Waals surface area contributed by atoms with E-state index in [0.717, 1.165) is 53.8 Å². The quantitative estimate of drug-likeness (QED) is 0.769. The summed E-state index contributed by atoms with van der Waals surface area (Å²) in [7, 11) is 0. The van der Waals surface area contributed by atoms with E-state index in [1.807, 2.05) is 44.2 Å². The molecule has 2 heterocycles. The summed E-state index contributed by atoms with van der Waals surface area (Å²) < 4.78 is 0. The lowest BCUT2D eigenvalue weighted by atomic mass is 10.0. The number of pyridine rings is 1. The summed E-state index contributed by atoms with van der Waals surface area (Å²) in [5.41, 5.74) is 4.92. The van der Waals surface area contributed by atoms with Crippen LogP contribution < -0.4 is 5.32 Å². The van der Waals surface area contributed by atoms with E-state index < -0.39 is 0 Å². The van der Waals surface area contributed by atoms with Gasteiger partial charge in [0, 0.05) is 36.8 Å². The second-order valence-electron chi connectivity index (χ2n) is 7.51. The van der Waals surface area contributed by atoms with Gasteiger partial charge in [0.2, 0.25) is 0 Å². The van der Waals surface area contributed by atoms with E-state index in [1.54, 1.807) is 0 Å². The average Bonchev–Trinajstić information content (AvgIpc) is 3.09. The highest BCUT2D eigenvalue weighted by molar-refractivity contribution is 6.06. The number of nitrogens with one attached hydrogen (secondary N) is 1. The zero-order chi connectivity index (χ0) is 18.8. The first-order valence-corrected chi connectivity index (χ1v) is 9.53. The van der Waals surface area contributed by atoms with Crippen molar-refractivity contribution in [1.29, 1.82) is 0 Å². The van der Waals surface area contributed by atoms with Gasteiger partial charge >= 0.3 is 0 Å². The molecule has 0 aliphatic carbocycles. The third-order valence-electron chi connectivity index (χ3n) is 5.19. The maximum Gasteiger partial charge on any atom is 0.252 e. The highest BCUT2D eigenvalue weighted by atomic mass is 16.1. The van der Waals surface area contributed by atoms with Gasteiger partial charge in [-0.05, 0) is 44.0 Å². The summed E-state index contributed by atoms with van der Waals surface area (Å²) in [6.07, 6.45) is 0.986. The normalized spacial score (nSPS) is 17.3. The lowest BCUT2D eigenvalue weighted by molar-refractivity contribution is 0.0939. The van der Waals surface area contributed by atoms with Gasteiger partial charge in [0.15, 0.2) is 0 Å². The Morgan fingerprint density at radius 2 is 1.96 bits per heavy atom. The number of hydrogen-bond donors (Lipinski definition) is 1. The molecule has 1 saturated heterocycles. The SMILES string of the molecule is Cc1ccc2nc(C)cc(C(=O)NC3CCN(Cc4ccccc4)C3)c2c1. The lowest BCUT2D eigenvalue weighted by Gasteiger charge is -2.17. The summed E-state index contributed by atoms with van der Waals surface area (Å²) in [5, 5.41) is 4.17. The zero-order valence-corrected chi connectivity index (χ0v) is 15.9. The third-order valence-corrected chi connectivity index (χ3v) is 5.19. The van der Waals surface area contributed by atoms with Crippen LogP contribution in [0.5, 0.6) is 0 Å². The van der Waals surface area contributed by atoms with Gasteiger partial charge < -0.3 is 5.32 Å². The summed E-state index contributed by atoms with van der Waals surface area (Å²) in [4.78, 5) is 20.0. The van der Waals surface area contributed by atoms with Crippen molar-refractivity contribution in [2.75, 3.05) is 13.1 Å². The number of carbonyl (C=O) groups excluding carboxylic acids is 1. The molecule has 27 heavy (non-hydrogen) atoms. The van der Waals surface area contributed by atoms with Crippen molar-refractivity contribution >= 4 is 16.8 Å². The molecule has 138 valence electrons. The fourth-order valence-electron chi connectivity index (χ4n) is 3.86. The molecule has 1 unspecified atom stereocenters. The minimum absolute atomic E-state index is 0.00246. The number of benzene rings is 2. The van der Waals surface area contributed by atoms with Crippen molar-refractivity contribution in [3.05, 3.63) is 77.0 Å². The fraction of sp³-hybridized carbons (Fsp3) is 0.304. The predicted octanol–water partition coefficient (Wildman–Crippen LogP) is 3.86. The molecular weight excluding hydrogens is 334 g/mol. The minimum atomic E-state index is 0.00246. The standard InChI is InChI=1S/C23H25N3O/c1-16-8-9-22-20(12-16)21(13-17(2)24-22)23(27)25-19-10-11-26(15-19)14-18-6-4-3-5-7-18/h3-9,12-13,19H,10-11,14-15H2,1-2H3,(H,25,27). The van der Waals surface area contributed by atoms with Crippen LogP contribution in [0.1, 0.15) is 33.6 Å². The molecule has 4 heteroatoms. The van der Waals surface area contributed by atoms with Crippen molar-refractivity contribution < 1.29 is 4.79 Å². The Balaban J connectivity index is 1.47. The zero-order valence-electron chi connectivity index (χ0n) is 15.9. The van der Waals surface area contributed by atoms with Crippen molar-refractivity contribution in [1.82, 2.24) is 15.2 Å². The van der Waals surface area contributed by atoms with Crippen molar-refractivity contribution in [2.24, 2.45) is 0 Å². The molecule has 2 aromatic carbocycles. The molecule has 3 aromatic rings. The Bertz CT molecular complexity index is 968. The average molecular weight is 359 g/mol.